The molecule has 2 nitrogen and oxygen atoms in total. The summed E-state index contributed by atoms with van der Waals surface area (Å²) >= 11 is 15.2. The summed E-state index contributed by atoms with van der Waals surface area (Å²) < 4.78 is 5.67. The average Bonchev–Trinajstić information content (AvgIpc) is 2.52. The van der Waals surface area contributed by atoms with Crippen LogP contribution < -0.4 is 0 Å². The Labute approximate surface area is 118 Å². The van der Waals surface area contributed by atoms with Crippen molar-refractivity contribution in [2.45, 2.75) is 19.4 Å². The monoisotopic (exact) mass is 333 g/mol. The van der Waals surface area contributed by atoms with E-state index in [1.807, 2.05) is 13.8 Å². The first-order valence-electron chi connectivity index (χ1n) is 4.97. The van der Waals surface area contributed by atoms with Crippen LogP contribution in [0.3, 0.4) is 0 Å². The van der Waals surface area contributed by atoms with E-state index in [9.17, 15) is 0 Å². The number of aliphatic imine (C=N–C) groups is 1. The first-order valence-corrected chi connectivity index (χ1v) is 6.64. The van der Waals surface area contributed by atoms with Gasteiger partial charge in [-0.2, -0.15) is 0 Å². The highest BCUT2D eigenvalue weighted by Gasteiger charge is 2.33. The summed E-state index contributed by atoms with van der Waals surface area (Å²) in [5, 5.41) is 1.13. The van der Waals surface area contributed by atoms with Crippen LogP contribution in [0.1, 0.15) is 19.4 Å². The van der Waals surface area contributed by atoms with Gasteiger partial charge >= 0.3 is 0 Å². The van der Waals surface area contributed by atoms with E-state index in [0.717, 1.165) is 11.3 Å². The molecule has 17 heavy (non-hydrogen) atoms. The number of hydrogen-bond donors (Lipinski definition) is 0. The molecule has 0 unspecified atom stereocenters. The zero-order valence-electron chi connectivity index (χ0n) is 9.30. The van der Waals surface area contributed by atoms with E-state index in [0.29, 0.717) is 15.9 Å². The Morgan fingerprint density at radius 3 is 2.29 bits per heavy atom. The van der Waals surface area contributed by atoms with E-state index in [1.54, 1.807) is 23.2 Å². The molecule has 0 spiro atoms. The Hall–Kier alpha value is -0.510. The molecule has 1 aliphatic heterocycles. The topological polar surface area (TPSA) is 21.6 Å². The fourth-order valence-corrected chi connectivity index (χ4v) is 2.70. The van der Waals surface area contributed by atoms with Crippen molar-refractivity contribution in [3.63, 3.8) is 0 Å². The van der Waals surface area contributed by atoms with Crippen molar-refractivity contribution in [3.05, 3.63) is 44.6 Å². The maximum atomic E-state index is 5.95. The van der Waals surface area contributed by atoms with Gasteiger partial charge in [-0.3, -0.25) is 0 Å². The smallest absolute Gasteiger partial charge is 0.222 e. The number of rotatable bonds is 1. The van der Waals surface area contributed by atoms with Crippen LogP contribution in [0, 0.1) is 0 Å². The van der Waals surface area contributed by atoms with Gasteiger partial charge in [-0.25, -0.2) is 4.99 Å². The molecule has 0 aromatic heterocycles. The van der Waals surface area contributed by atoms with E-state index in [2.05, 4.69) is 20.9 Å². The molecular weight excluding hydrogens is 325 g/mol. The minimum absolute atomic E-state index is 0.381. The summed E-state index contributed by atoms with van der Waals surface area (Å²) in [6.07, 6.45) is 0. The lowest BCUT2D eigenvalue weighted by Gasteiger charge is -2.12. The van der Waals surface area contributed by atoms with Crippen molar-refractivity contribution in [3.8, 4) is 0 Å². The molecule has 0 N–H and O–H groups in total. The van der Waals surface area contributed by atoms with Crippen LogP contribution in [0.25, 0.3) is 0 Å². The van der Waals surface area contributed by atoms with E-state index < -0.39 is 0 Å². The third kappa shape index (κ3) is 2.67. The third-order valence-corrected chi connectivity index (χ3v) is 3.25. The lowest BCUT2D eigenvalue weighted by molar-refractivity contribution is 0.383. The zero-order valence-corrected chi connectivity index (χ0v) is 12.4. The van der Waals surface area contributed by atoms with Gasteiger partial charge in [0.05, 0.1) is 0 Å². The van der Waals surface area contributed by atoms with Crippen LogP contribution >= 0.6 is 39.1 Å². The van der Waals surface area contributed by atoms with Gasteiger partial charge in [0, 0.05) is 20.6 Å². The fourth-order valence-electron chi connectivity index (χ4n) is 1.52. The van der Waals surface area contributed by atoms with Crippen molar-refractivity contribution in [1.82, 2.24) is 0 Å². The standard InChI is InChI=1S/C12H10BrCl2NO/c1-12(2)10(6-13)17-11(16-12)7-3-8(14)5-9(15)4-7/h3-6H,1-2H3. The highest BCUT2D eigenvalue weighted by Crippen LogP contribution is 2.32. The summed E-state index contributed by atoms with van der Waals surface area (Å²) in [7, 11) is 0. The Morgan fingerprint density at radius 1 is 1.24 bits per heavy atom. The molecule has 1 heterocycles. The average molecular weight is 335 g/mol. The molecule has 0 atom stereocenters. The van der Waals surface area contributed by atoms with Gasteiger partial charge in [-0.15, -0.1) is 0 Å². The molecule has 1 aliphatic rings. The van der Waals surface area contributed by atoms with E-state index in [-0.39, 0.29) is 5.54 Å². The van der Waals surface area contributed by atoms with Crippen molar-refractivity contribution in [2.24, 2.45) is 4.99 Å². The molecule has 0 fully saturated rings. The first-order chi connectivity index (χ1) is 7.92. The number of ether oxygens (including phenoxy) is 1. The van der Waals surface area contributed by atoms with Crippen molar-refractivity contribution >= 4 is 45.0 Å². The maximum Gasteiger partial charge on any atom is 0.222 e. The Morgan fingerprint density at radius 2 is 1.82 bits per heavy atom. The number of halogens is 3. The van der Waals surface area contributed by atoms with Crippen LogP contribution in [0.2, 0.25) is 10.0 Å². The lowest BCUT2D eigenvalue weighted by Crippen LogP contribution is -2.14. The second-order valence-electron chi connectivity index (χ2n) is 4.21. The van der Waals surface area contributed by atoms with Crippen molar-refractivity contribution in [1.29, 1.82) is 0 Å². The third-order valence-electron chi connectivity index (χ3n) is 2.40. The molecular formula is C12H10BrCl2NO. The summed E-state index contributed by atoms with van der Waals surface area (Å²) in [6.45, 7) is 3.94. The predicted octanol–water partition coefficient (Wildman–Crippen LogP) is 4.79. The van der Waals surface area contributed by atoms with Crippen LogP contribution in [0.4, 0.5) is 0 Å². The van der Waals surface area contributed by atoms with Crippen LogP contribution in [-0.4, -0.2) is 11.4 Å². The van der Waals surface area contributed by atoms with Gasteiger partial charge in [0.2, 0.25) is 5.90 Å². The van der Waals surface area contributed by atoms with Crippen LogP contribution in [0.15, 0.2) is 33.9 Å². The van der Waals surface area contributed by atoms with Gasteiger partial charge in [-0.1, -0.05) is 39.1 Å². The Kier molecular flexibility index (Phi) is 3.53. The minimum atomic E-state index is -0.381. The normalized spacial score (nSPS) is 20.3. The SMILES string of the molecule is CC1(C)N=C(c2cc(Cl)cc(Cl)c2)OC1=CBr. The quantitative estimate of drug-likeness (QED) is 0.723. The highest BCUT2D eigenvalue weighted by molar-refractivity contribution is 9.11. The summed E-state index contributed by atoms with van der Waals surface area (Å²) in [5.41, 5.74) is 0.396. The Bertz CT molecular complexity index is 503. The molecule has 0 radical (unpaired) electrons. The zero-order chi connectivity index (χ0) is 12.6. The molecule has 0 aliphatic carbocycles. The molecule has 90 valence electrons. The van der Waals surface area contributed by atoms with Gasteiger partial charge in [0.1, 0.15) is 11.3 Å². The summed E-state index contributed by atoms with van der Waals surface area (Å²) in [6, 6.07) is 5.23. The van der Waals surface area contributed by atoms with Gasteiger partial charge in [-0.05, 0) is 32.0 Å². The maximum absolute atomic E-state index is 5.95. The van der Waals surface area contributed by atoms with Crippen LogP contribution in [0.5, 0.6) is 0 Å². The second kappa shape index (κ2) is 4.63. The van der Waals surface area contributed by atoms with Crippen LogP contribution in [-0.2, 0) is 4.74 Å². The first kappa shape index (κ1) is 12.9. The molecule has 0 saturated carbocycles. The van der Waals surface area contributed by atoms with E-state index >= 15 is 0 Å². The molecule has 1 aromatic carbocycles. The molecule has 5 heteroatoms. The Balaban J connectivity index is 2.43. The molecule has 0 amide bonds. The van der Waals surface area contributed by atoms with Gasteiger partial charge < -0.3 is 4.74 Å². The lowest BCUT2D eigenvalue weighted by atomic mass is 10.1. The predicted molar refractivity (Wildman–Crippen MR) is 75.2 cm³/mol. The van der Waals surface area contributed by atoms with Crippen molar-refractivity contribution in [2.75, 3.05) is 0 Å². The minimum Gasteiger partial charge on any atom is -0.440 e. The molecule has 0 saturated heterocycles. The molecule has 0 bridgehead atoms. The van der Waals surface area contributed by atoms with Crippen molar-refractivity contribution < 1.29 is 4.74 Å². The number of benzene rings is 1. The molecule has 1 aromatic rings. The second-order valence-corrected chi connectivity index (χ2v) is 5.54. The van der Waals surface area contributed by atoms with Gasteiger partial charge in [0.25, 0.3) is 0 Å². The van der Waals surface area contributed by atoms with E-state index in [1.165, 1.54) is 0 Å². The van der Waals surface area contributed by atoms with E-state index in [4.69, 9.17) is 27.9 Å². The summed E-state index contributed by atoms with van der Waals surface area (Å²) in [4.78, 5) is 6.24. The molecule has 2 rings (SSSR count). The number of hydrogen-bond acceptors (Lipinski definition) is 2. The van der Waals surface area contributed by atoms with Gasteiger partial charge in [0.15, 0.2) is 0 Å². The summed E-state index contributed by atoms with van der Waals surface area (Å²) in [5.74, 6) is 1.29. The number of nitrogens with zero attached hydrogens (tertiary/aromatic N) is 1. The fraction of sp³-hybridized carbons (Fsp3) is 0.250. The largest absolute Gasteiger partial charge is 0.440 e. The highest BCUT2D eigenvalue weighted by atomic mass is 79.9.